The summed E-state index contributed by atoms with van der Waals surface area (Å²) in [6, 6.07) is 77.2. The van der Waals surface area contributed by atoms with E-state index < -0.39 is 65.7 Å². The summed E-state index contributed by atoms with van der Waals surface area (Å²) in [4.78, 5) is 69.7. The van der Waals surface area contributed by atoms with E-state index in [2.05, 4.69) is 50.2 Å². The average Bonchev–Trinajstić information content (AvgIpc) is 0.812. The van der Waals surface area contributed by atoms with Gasteiger partial charge >= 0.3 is 37.1 Å². The highest BCUT2D eigenvalue weighted by Gasteiger charge is 2.21. The molecule has 0 aliphatic heterocycles. The fraction of sp³-hybridized carbons (Fsp3) is 0.150. The number of hydrogen-bond acceptors (Lipinski definition) is 14. The minimum absolute atomic E-state index is 0.191. The van der Waals surface area contributed by atoms with Crippen LogP contribution in [0.15, 0.2) is 302 Å². The van der Waals surface area contributed by atoms with Crippen molar-refractivity contribution in [3.63, 3.8) is 0 Å². The Morgan fingerprint density at radius 3 is 0.923 bits per heavy atom. The molecule has 16 nitrogen and oxygen atoms in total. The van der Waals surface area contributed by atoms with Gasteiger partial charge in [0.1, 0.15) is 34.7 Å². The molecule has 0 aliphatic carbocycles. The molecule has 15 aromatic rings. The molecule has 0 aromatic heterocycles. The van der Waals surface area contributed by atoms with E-state index in [9.17, 15) is 77.1 Å². The van der Waals surface area contributed by atoms with Crippen LogP contribution in [0, 0.1) is 119 Å². The Balaban J connectivity index is 0.000000201. The third kappa shape index (κ3) is 33.3. The van der Waals surface area contributed by atoms with Crippen molar-refractivity contribution in [3.05, 3.63) is 438 Å². The van der Waals surface area contributed by atoms with Crippen LogP contribution in [0.1, 0.15) is 117 Å². The van der Waals surface area contributed by atoms with Gasteiger partial charge in [0.25, 0.3) is 5.91 Å². The molecular weight excluding hydrogens is 1910 g/mol. The van der Waals surface area contributed by atoms with Crippen LogP contribution in [0.2, 0.25) is 0 Å². The number of carbonyl (C=O) groups is 6. The van der Waals surface area contributed by atoms with Gasteiger partial charge in [0.05, 0.1) is 50.7 Å². The van der Waals surface area contributed by atoms with Crippen LogP contribution in [-0.2, 0) is 28.3 Å². The van der Waals surface area contributed by atoms with E-state index in [0.29, 0.717) is 67.0 Å². The maximum atomic E-state index is 13.6. The molecule has 142 heavy (non-hydrogen) atoms. The normalized spacial score (nSPS) is 10.4. The standard InChI is InChI=1S/C21H17F2NO.C18H20FNO2.2C15H12F2O2.C15H13FO2.C13H12FN.C9H9BrO2.C7H7BF2O2/c1-13-3-5-16(11-19(13)15-6-8-17(22)9-7-15)21(25)24-18-10-4-14(2)20(23)12-18;1-12-5-10-15(20-17(21)22-18(2,3)4)11-16(12)13-6-8-14(19)9-7-13;2*1-9-3-4-11(15(18)19-2)7-12(9)10-5-6-13(16)14(17)8-10;1-10-3-4-12(15(17)18-2)9-14(10)11-5-7-13(16)8-6-11;1-9-2-7-12(15)8-13(9)10-3-5-11(14)6-4-10;1-6-3-4-7(5-8(6)10)9(11)12-2;1-12-8(11)5-2-3-6(9)7(10)4-5/h3-12H,1-2H3,(H,24,25);5-11H,1-4H3,(H,20,21);2*3-8H,1-2H3;3-9H,1-2H3;2-8H,15H2,1H3;3-5H,1-2H3;2-4,11H,1H3. The molecule has 29 heteroatoms. The average molecular weight is 2010 g/mol. The predicted octanol–water partition coefficient (Wildman–Crippen LogP) is 27.9. The number of nitrogens with two attached hydrogens (primary N) is 1. The lowest BCUT2D eigenvalue weighted by atomic mass is 9.80. The number of anilines is 3. The molecule has 0 spiro atoms. The Morgan fingerprint density at radius 2 is 0.585 bits per heavy atom. The largest absolute Gasteiger partial charge is 0.491 e. The molecule has 5 N–H and O–H groups in total. The Labute approximate surface area is 825 Å². The number of amides is 2. The Kier molecular flexibility index (Phi) is 41.7. The zero-order chi connectivity index (χ0) is 105. The van der Waals surface area contributed by atoms with Crippen LogP contribution in [0.5, 0.6) is 0 Å². The number of halogens is 12. The number of nitrogen functional groups attached to an aromatic ring is 1. The number of methoxy groups -OCH3 is 4. The predicted molar refractivity (Wildman–Crippen MR) is 538 cm³/mol. The number of hydrogen-bond donors (Lipinski definition) is 4. The Hall–Kier alpha value is -15.6. The van der Waals surface area contributed by atoms with E-state index in [1.807, 2.05) is 124 Å². The van der Waals surface area contributed by atoms with Gasteiger partial charge in [-0.15, -0.1) is 0 Å². The van der Waals surface area contributed by atoms with Gasteiger partial charge in [-0.3, -0.25) is 10.1 Å². The van der Waals surface area contributed by atoms with E-state index in [1.165, 1.54) is 108 Å². The smallest absolute Gasteiger partial charge is 0.465 e. The quantitative estimate of drug-likeness (QED) is 0.0246. The van der Waals surface area contributed by atoms with E-state index in [0.717, 1.165) is 130 Å². The number of carbonyl (C=O) groups excluding carboxylic acids is 6. The molecule has 0 heterocycles. The molecule has 0 atom stereocenters. The molecule has 0 saturated heterocycles. The molecule has 0 unspecified atom stereocenters. The highest BCUT2D eigenvalue weighted by molar-refractivity contribution is 9.10. The van der Waals surface area contributed by atoms with Crippen LogP contribution >= 0.6 is 15.9 Å². The van der Waals surface area contributed by atoms with Crippen LogP contribution in [0.3, 0.4) is 0 Å². The monoisotopic (exact) mass is 2010 g/mol. The second kappa shape index (κ2) is 53.0. The van der Waals surface area contributed by atoms with Gasteiger partial charge in [0, 0.05) is 34.2 Å². The van der Waals surface area contributed by atoms with Crippen molar-refractivity contribution >= 4 is 81.5 Å². The third-order valence-electron chi connectivity index (χ3n) is 21.2. The molecule has 0 radical (unpaired) electrons. The summed E-state index contributed by atoms with van der Waals surface area (Å²) in [7, 11) is 5.36. The summed E-state index contributed by atoms with van der Waals surface area (Å²) >= 11 is 3.34. The molecule has 2 amide bonds. The highest BCUT2D eigenvalue weighted by Crippen LogP contribution is 2.34. The minimum Gasteiger partial charge on any atom is -0.465 e. The molecule has 0 saturated carbocycles. The first kappa shape index (κ1) is 112. The van der Waals surface area contributed by atoms with Gasteiger partial charge in [-0.25, -0.2) is 72.3 Å². The van der Waals surface area contributed by atoms with Gasteiger partial charge in [0.15, 0.2) is 34.9 Å². The van der Waals surface area contributed by atoms with Crippen molar-refractivity contribution < 1.29 is 110 Å². The summed E-state index contributed by atoms with van der Waals surface area (Å²) in [6.45, 7) is 20.6. The van der Waals surface area contributed by atoms with Crippen LogP contribution < -0.4 is 21.8 Å². The third-order valence-corrected chi connectivity index (χ3v) is 22.0. The van der Waals surface area contributed by atoms with Gasteiger partial charge in [-0.2, -0.15) is 0 Å². The van der Waals surface area contributed by atoms with E-state index >= 15 is 0 Å². The maximum absolute atomic E-state index is 13.6. The number of nitrogens with one attached hydrogen (secondary N) is 2. The number of esters is 4. The maximum Gasteiger partial charge on any atom is 0.491 e. The number of ether oxygens (including phenoxy) is 5. The zero-order valence-electron chi connectivity index (χ0n) is 80.3. The number of aryl methyl sites for hydroxylation is 8. The van der Waals surface area contributed by atoms with Gasteiger partial charge in [0.2, 0.25) is 0 Å². The van der Waals surface area contributed by atoms with Crippen LogP contribution in [0.4, 0.5) is 70.2 Å². The lowest BCUT2D eigenvalue weighted by Gasteiger charge is -2.20. The van der Waals surface area contributed by atoms with Gasteiger partial charge in [-0.05, 0) is 375 Å². The first-order valence-corrected chi connectivity index (χ1v) is 44.3. The Morgan fingerprint density at radius 1 is 0.296 bits per heavy atom. The SMILES string of the molecule is COB(O)c1ccc(F)c(F)c1.COC(=O)c1ccc(C)c(-c2ccc(F)c(F)c2)c1.COC(=O)c1ccc(C)c(-c2ccc(F)c(F)c2)c1.COC(=O)c1ccc(C)c(-c2ccc(F)cc2)c1.COC(=O)c1ccc(C)c(Br)c1.Cc1ccc(N)cc1-c1ccc(F)cc1.Cc1ccc(NC(=O)OC(C)(C)C)cc1-c1ccc(F)cc1.Cc1ccc(NC(=O)c2ccc(C)c(-c3ccc(F)cc3)c2)cc1F. The van der Waals surface area contributed by atoms with E-state index in [1.54, 1.807) is 140 Å². The summed E-state index contributed by atoms with van der Waals surface area (Å²) in [6.07, 6.45) is -0.499. The zero-order valence-corrected chi connectivity index (χ0v) is 81.9. The van der Waals surface area contributed by atoms with E-state index in [-0.39, 0.29) is 52.4 Å². The molecule has 15 rings (SSSR count). The molecule has 734 valence electrons. The van der Waals surface area contributed by atoms with Crippen molar-refractivity contribution in [2.75, 3.05) is 51.9 Å². The van der Waals surface area contributed by atoms with Crippen molar-refractivity contribution in [2.24, 2.45) is 0 Å². The first-order valence-electron chi connectivity index (χ1n) is 43.5. The van der Waals surface area contributed by atoms with Crippen molar-refractivity contribution in [1.29, 1.82) is 0 Å². The van der Waals surface area contributed by atoms with Crippen LogP contribution in [-0.4, -0.2) is 89.2 Å². The molecule has 0 bridgehead atoms. The van der Waals surface area contributed by atoms with Crippen LogP contribution in [0.25, 0.3) is 66.8 Å². The molecule has 15 aromatic carbocycles. The van der Waals surface area contributed by atoms with Crippen molar-refractivity contribution in [2.45, 2.75) is 81.8 Å². The molecule has 0 aliphatic rings. The number of rotatable bonds is 15. The molecular formula is C113H102BBrF11N3O13. The summed E-state index contributed by atoms with van der Waals surface area (Å²) < 4.78 is 172. The van der Waals surface area contributed by atoms with Crippen molar-refractivity contribution in [1.82, 2.24) is 0 Å². The highest BCUT2D eigenvalue weighted by atomic mass is 79.9. The fourth-order valence-corrected chi connectivity index (χ4v) is 13.7. The van der Waals surface area contributed by atoms with Crippen molar-refractivity contribution in [3.8, 4) is 66.8 Å². The van der Waals surface area contributed by atoms with Gasteiger partial charge in [-0.1, -0.05) is 131 Å². The summed E-state index contributed by atoms with van der Waals surface area (Å²) in [5.41, 5.74) is 26.6. The van der Waals surface area contributed by atoms with Gasteiger partial charge < -0.3 is 44.4 Å². The molecule has 0 fully saturated rings. The fourth-order valence-electron chi connectivity index (χ4n) is 13.3. The summed E-state index contributed by atoms with van der Waals surface area (Å²) in [5.74, 6) is -8.97. The lowest BCUT2D eigenvalue weighted by molar-refractivity contribution is 0.0592. The first-order chi connectivity index (χ1) is 67.3. The van der Waals surface area contributed by atoms with E-state index in [4.69, 9.17) is 15.5 Å². The minimum atomic E-state index is -1.21. The lowest BCUT2D eigenvalue weighted by Crippen LogP contribution is -2.32. The summed E-state index contributed by atoms with van der Waals surface area (Å²) in [5, 5.41) is 14.4. The topological polar surface area (TPSA) is 228 Å². The second-order valence-corrected chi connectivity index (χ2v) is 33.6. The number of benzene rings is 15. The second-order valence-electron chi connectivity index (χ2n) is 32.7. The Bertz CT molecular complexity index is 6840.